The second-order valence-corrected chi connectivity index (χ2v) is 10.6. The van der Waals surface area contributed by atoms with Crippen molar-refractivity contribution in [1.29, 1.82) is 0 Å². The second-order valence-electron chi connectivity index (χ2n) is 10.6. The highest BCUT2D eigenvalue weighted by Gasteiger charge is 2.40. The fraction of sp³-hybridized carbons (Fsp3) is 0.680. The second kappa shape index (κ2) is 8.71. The summed E-state index contributed by atoms with van der Waals surface area (Å²) in [4.78, 5) is 24.8. The lowest BCUT2D eigenvalue weighted by atomic mass is 9.89. The fourth-order valence-corrected chi connectivity index (χ4v) is 6.88. The van der Waals surface area contributed by atoms with Crippen molar-refractivity contribution >= 4 is 23.4 Å². The maximum atomic E-state index is 12.5. The maximum Gasteiger partial charge on any atom is 0.319 e. The Hall–Kier alpha value is -2.24. The average molecular weight is 425 g/mol. The molecule has 4 aliphatic rings. The minimum absolute atomic E-state index is 0.163. The van der Waals surface area contributed by atoms with Gasteiger partial charge in [0, 0.05) is 24.5 Å². The zero-order chi connectivity index (χ0) is 21.4. The number of hydrogen-bond donors (Lipinski definition) is 4. The lowest BCUT2D eigenvalue weighted by molar-refractivity contribution is 0.245. The Balaban J connectivity index is 1.09. The van der Waals surface area contributed by atoms with E-state index in [4.69, 9.17) is 0 Å². The number of carbonyl (C=O) groups excluding carboxylic acids is 2. The standard InChI is InChI=1S/C25H36N4O2/c1-15-2-7-22(28-24(30)26-13-20-10-16-3-5-18(20)8-16)12-23(15)29-25(31)27-14-21-11-17-4-6-19(21)9-17/h2,7,12,16-21H,3-6,8-11,13-14H2,1H3,(H2,26,28,30)(H2,27,29,31)/t16-,17+,18-,19-,20+,21+/m1/s1. The summed E-state index contributed by atoms with van der Waals surface area (Å²) in [5, 5.41) is 12.0. The number of amides is 4. The molecule has 6 heteroatoms. The number of urea groups is 2. The Morgan fingerprint density at radius 1 is 0.806 bits per heavy atom. The van der Waals surface area contributed by atoms with Gasteiger partial charge in [-0.25, -0.2) is 9.59 Å². The molecule has 0 spiro atoms. The van der Waals surface area contributed by atoms with Gasteiger partial charge >= 0.3 is 12.1 Å². The number of aryl methyl sites for hydroxylation is 1. The largest absolute Gasteiger partial charge is 0.338 e. The quantitative estimate of drug-likeness (QED) is 0.512. The molecular weight excluding hydrogens is 388 g/mol. The Bertz CT molecular complexity index is 841. The fourth-order valence-electron chi connectivity index (χ4n) is 6.88. The molecular formula is C25H36N4O2. The molecule has 1 aromatic rings. The van der Waals surface area contributed by atoms with Crippen LogP contribution in [0.15, 0.2) is 18.2 Å². The number of carbonyl (C=O) groups is 2. The molecule has 4 N–H and O–H groups in total. The van der Waals surface area contributed by atoms with Crippen molar-refractivity contribution in [1.82, 2.24) is 10.6 Å². The van der Waals surface area contributed by atoms with Crippen molar-refractivity contribution in [3.63, 3.8) is 0 Å². The van der Waals surface area contributed by atoms with Gasteiger partial charge in [0.2, 0.25) is 0 Å². The molecule has 6 nitrogen and oxygen atoms in total. The number of rotatable bonds is 6. The van der Waals surface area contributed by atoms with Crippen molar-refractivity contribution in [2.45, 2.75) is 58.3 Å². The Morgan fingerprint density at radius 2 is 1.39 bits per heavy atom. The summed E-state index contributed by atoms with van der Waals surface area (Å²) in [6.07, 6.45) is 10.6. The molecule has 1 aromatic carbocycles. The smallest absolute Gasteiger partial charge is 0.319 e. The van der Waals surface area contributed by atoms with Crippen LogP contribution >= 0.6 is 0 Å². The first kappa shape index (κ1) is 20.7. The number of benzene rings is 1. The summed E-state index contributed by atoms with van der Waals surface area (Å²) >= 11 is 0. The van der Waals surface area contributed by atoms with Gasteiger partial charge in [0.05, 0.1) is 0 Å². The molecule has 0 aliphatic heterocycles. The summed E-state index contributed by atoms with van der Waals surface area (Å²) < 4.78 is 0. The van der Waals surface area contributed by atoms with Gasteiger partial charge in [-0.15, -0.1) is 0 Å². The first-order chi connectivity index (χ1) is 15.0. The number of anilines is 2. The van der Waals surface area contributed by atoms with Gasteiger partial charge in [0.15, 0.2) is 0 Å². The predicted molar refractivity (Wildman–Crippen MR) is 123 cm³/mol. The minimum Gasteiger partial charge on any atom is -0.338 e. The highest BCUT2D eigenvalue weighted by atomic mass is 16.2. The summed E-state index contributed by atoms with van der Waals surface area (Å²) in [6.45, 7) is 3.48. The van der Waals surface area contributed by atoms with Crippen LogP contribution in [0.5, 0.6) is 0 Å². The number of fused-ring (bicyclic) bond motifs is 4. The number of nitrogens with one attached hydrogen (secondary N) is 4. The van der Waals surface area contributed by atoms with E-state index in [9.17, 15) is 9.59 Å². The molecule has 4 saturated carbocycles. The minimum atomic E-state index is -0.168. The Labute approximate surface area is 185 Å². The van der Waals surface area contributed by atoms with Gasteiger partial charge < -0.3 is 21.3 Å². The van der Waals surface area contributed by atoms with Gasteiger partial charge in [-0.1, -0.05) is 18.9 Å². The van der Waals surface area contributed by atoms with E-state index < -0.39 is 0 Å². The van der Waals surface area contributed by atoms with E-state index in [1.165, 1.54) is 51.4 Å². The molecule has 4 fully saturated rings. The molecule has 4 bridgehead atoms. The topological polar surface area (TPSA) is 82.3 Å². The van der Waals surface area contributed by atoms with Crippen LogP contribution in [0.4, 0.5) is 21.0 Å². The molecule has 0 heterocycles. The van der Waals surface area contributed by atoms with Crippen LogP contribution in [0.1, 0.15) is 56.9 Å². The zero-order valence-electron chi connectivity index (χ0n) is 18.6. The first-order valence-electron chi connectivity index (χ1n) is 12.2. The van der Waals surface area contributed by atoms with Crippen LogP contribution in [0.2, 0.25) is 0 Å². The van der Waals surface area contributed by atoms with E-state index in [1.807, 2.05) is 25.1 Å². The molecule has 0 radical (unpaired) electrons. The van der Waals surface area contributed by atoms with Crippen molar-refractivity contribution < 1.29 is 9.59 Å². The van der Waals surface area contributed by atoms with Crippen molar-refractivity contribution in [3.05, 3.63) is 23.8 Å². The third-order valence-corrected chi connectivity index (χ3v) is 8.56. The molecule has 4 amide bonds. The Kier molecular flexibility index (Phi) is 5.81. The monoisotopic (exact) mass is 424 g/mol. The van der Waals surface area contributed by atoms with Crippen molar-refractivity contribution in [3.8, 4) is 0 Å². The zero-order valence-corrected chi connectivity index (χ0v) is 18.6. The maximum absolute atomic E-state index is 12.5. The lowest BCUT2D eigenvalue weighted by Crippen LogP contribution is -2.35. The summed E-state index contributed by atoms with van der Waals surface area (Å²) in [6, 6.07) is 5.31. The van der Waals surface area contributed by atoms with Crippen LogP contribution in [-0.2, 0) is 0 Å². The molecule has 4 aliphatic carbocycles. The lowest BCUT2D eigenvalue weighted by Gasteiger charge is -2.22. The van der Waals surface area contributed by atoms with Crippen LogP contribution in [0, 0.1) is 42.4 Å². The van der Waals surface area contributed by atoms with Crippen LogP contribution in [0.25, 0.3) is 0 Å². The van der Waals surface area contributed by atoms with Gasteiger partial charge in [-0.2, -0.15) is 0 Å². The van der Waals surface area contributed by atoms with E-state index >= 15 is 0 Å². The van der Waals surface area contributed by atoms with Gasteiger partial charge in [-0.05, 0) is 98.7 Å². The van der Waals surface area contributed by atoms with Gasteiger partial charge in [0.25, 0.3) is 0 Å². The van der Waals surface area contributed by atoms with E-state index in [2.05, 4.69) is 21.3 Å². The first-order valence-corrected chi connectivity index (χ1v) is 12.2. The van der Waals surface area contributed by atoms with E-state index in [0.717, 1.165) is 48.0 Å². The molecule has 31 heavy (non-hydrogen) atoms. The average Bonchev–Trinajstić information content (AvgIpc) is 3.55. The SMILES string of the molecule is Cc1ccc(NC(=O)NC[C@@H]2C[C@@H]3CC[C@@H]2C3)cc1NC(=O)NC[C@@H]1C[C@H]2CC[C@@H]1C2. The number of hydrogen-bond acceptors (Lipinski definition) is 2. The molecule has 0 unspecified atom stereocenters. The molecule has 5 rings (SSSR count). The highest BCUT2D eigenvalue weighted by Crippen LogP contribution is 2.48. The van der Waals surface area contributed by atoms with Crippen molar-refractivity contribution in [2.75, 3.05) is 23.7 Å². The van der Waals surface area contributed by atoms with Crippen LogP contribution in [-0.4, -0.2) is 25.2 Å². The summed E-state index contributed by atoms with van der Waals surface area (Å²) in [7, 11) is 0. The van der Waals surface area contributed by atoms with Gasteiger partial charge in [0.1, 0.15) is 0 Å². The predicted octanol–water partition coefficient (Wildman–Crippen LogP) is 5.11. The van der Waals surface area contributed by atoms with Crippen molar-refractivity contribution in [2.24, 2.45) is 35.5 Å². The van der Waals surface area contributed by atoms with Crippen LogP contribution < -0.4 is 21.3 Å². The van der Waals surface area contributed by atoms with E-state index in [0.29, 0.717) is 17.5 Å². The molecule has 6 atom stereocenters. The summed E-state index contributed by atoms with van der Waals surface area (Å²) in [5.41, 5.74) is 2.40. The van der Waals surface area contributed by atoms with E-state index in [-0.39, 0.29) is 12.1 Å². The molecule has 0 saturated heterocycles. The molecule has 168 valence electrons. The highest BCUT2D eigenvalue weighted by molar-refractivity contribution is 5.93. The third-order valence-electron chi connectivity index (χ3n) is 8.56. The third kappa shape index (κ3) is 4.68. The van der Waals surface area contributed by atoms with Gasteiger partial charge in [-0.3, -0.25) is 0 Å². The summed E-state index contributed by atoms with van der Waals surface area (Å²) in [5.74, 6) is 4.66. The van der Waals surface area contributed by atoms with E-state index in [1.54, 1.807) is 0 Å². The Morgan fingerprint density at radius 3 is 1.90 bits per heavy atom. The van der Waals surface area contributed by atoms with Crippen LogP contribution in [0.3, 0.4) is 0 Å². The normalized spacial score (nSPS) is 32.8. The molecule has 0 aromatic heterocycles.